The van der Waals surface area contributed by atoms with Gasteiger partial charge in [0.15, 0.2) is 0 Å². The van der Waals surface area contributed by atoms with Crippen LogP contribution in [-0.2, 0) is 24.5 Å². The summed E-state index contributed by atoms with van der Waals surface area (Å²) in [6, 6.07) is 9.38. The number of pyridine rings is 1. The molecule has 2 N–H and O–H groups in total. The fourth-order valence-corrected chi connectivity index (χ4v) is 7.17. The Morgan fingerprint density at radius 3 is 2.68 bits per heavy atom. The summed E-state index contributed by atoms with van der Waals surface area (Å²) >= 11 is 5.89. The Morgan fingerprint density at radius 1 is 1.29 bits per heavy atom. The Bertz CT molecular complexity index is 1380. The quantitative estimate of drug-likeness (QED) is 0.471. The molecule has 1 saturated heterocycles. The molecular weight excluding hydrogens is 503 g/mol. The Morgan fingerprint density at radius 2 is 2.03 bits per heavy atom. The second kappa shape index (κ2) is 10.0. The number of rotatable bonds is 6. The van der Waals surface area contributed by atoms with Crippen LogP contribution >= 0.6 is 11.6 Å². The molecule has 8 nitrogen and oxygen atoms in total. The molecule has 34 heavy (non-hydrogen) atoms. The summed E-state index contributed by atoms with van der Waals surface area (Å²) in [4.78, 5) is 17.1. The van der Waals surface area contributed by atoms with E-state index in [1.165, 1.54) is 24.4 Å². The van der Waals surface area contributed by atoms with Gasteiger partial charge in [-0.25, -0.2) is 12.8 Å². The third kappa shape index (κ3) is 4.89. The Labute approximate surface area is 203 Å². The average Bonchev–Trinajstić information content (AvgIpc) is 3.15. The van der Waals surface area contributed by atoms with E-state index in [4.69, 9.17) is 16.3 Å². The number of hydrogen-bond donors (Lipinski definition) is 2. The summed E-state index contributed by atoms with van der Waals surface area (Å²) in [7, 11) is -3.11. The number of ether oxygens (including phenoxy) is 1. The zero-order valence-electron chi connectivity index (χ0n) is 17.8. The largest absolute Gasteiger partial charge is 0.492 e. The molecule has 3 aromatic rings. The predicted octanol–water partition coefficient (Wildman–Crippen LogP) is 4.02. The van der Waals surface area contributed by atoms with Crippen LogP contribution in [-0.4, -0.2) is 37.4 Å². The van der Waals surface area contributed by atoms with E-state index >= 15 is 0 Å². The number of nitrogens with zero attached hydrogens (tertiary/aromatic N) is 2. The van der Waals surface area contributed by atoms with E-state index in [1.54, 1.807) is 19.1 Å². The molecule has 12 heteroatoms. The van der Waals surface area contributed by atoms with E-state index in [0.717, 1.165) is 0 Å². The van der Waals surface area contributed by atoms with Crippen molar-refractivity contribution in [3.8, 4) is 11.8 Å². The van der Waals surface area contributed by atoms with Crippen LogP contribution in [0.25, 0.3) is 10.9 Å². The van der Waals surface area contributed by atoms with Gasteiger partial charge in [0.1, 0.15) is 37.3 Å². The van der Waals surface area contributed by atoms with Crippen molar-refractivity contribution in [1.29, 1.82) is 5.26 Å². The van der Waals surface area contributed by atoms with Gasteiger partial charge in [0.2, 0.25) is 5.91 Å². The third-order valence-corrected chi connectivity index (χ3v) is 9.20. The lowest BCUT2D eigenvalue weighted by Gasteiger charge is -2.17. The molecule has 2 atom stereocenters. The van der Waals surface area contributed by atoms with Crippen molar-refractivity contribution >= 4 is 65.1 Å². The van der Waals surface area contributed by atoms with Gasteiger partial charge in [-0.1, -0.05) is 11.6 Å². The summed E-state index contributed by atoms with van der Waals surface area (Å²) in [6.45, 7) is 2.11. The number of carbonyl (C=O) groups is 1. The number of amides is 1. The van der Waals surface area contributed by atoms with Crippen molar-refractivity contribution in [2.45, 2.75) is 6.92 Å². The van der Waals surface area contributed by atoms with Gasteiger partial charge >= 0.3 is 0 Å². The lowest BCUT2D eigenvalue weighted by Crippen LogP contribution is -2.25. The molecule has 0 radical (unpaired) electrons. The van der Waals surface area contributed by atoms with E-state index in [1.807, 2.05) is 0 Å². The van der Waals surface area contributed by atoms with Crippen molar-refractivity contribution in [3.63, 3.8) is 0 Å². The fourth-order valence-electron chi connectivity index (χ4n) is 3.44. The molecule has 0 saturated carbocycles. The maximum atomic E-state index is 13.6. The Hall–Kier alpha value is -3.07. The molecule has 1 aromatic heterocycles. The molecule has 4 rings (SSSR count). The van der Waals surface area contributed by atoms with Crippen LogP contribution in [0.5, 0.6) is 5.75 Å². The predicted molar refractivity (Wildman–Crippen MR) is 130 cm³/mol. The van der Waals surface area contributed by atoms with Crippen LogP contribution in [0.2, 0.25) is 5.02 Å². The summed E-state index contributed by atoms with van der Waals surface area (Å²) < 4.78 is 42.8. The van der Waals surface area contributed by atoms with Gasteiger partial charge in [-0.3, -0.25) is 9.78 Å². The molecule has 2 unspecified atom stereocenters. The van der Waals surface area contributed by atoms with E-state index in [2.05, 4.69) is 21.7 Å². The number of carbonyl (C=O) groups excluding carboxylic acids is 1. The minimum Gasteiger partial charge on any atom is -0.492 e. The van der Waals surface area contributed by atoms with E-state index in [9.17, 15) is 22.9 Å². The molecule has 176 valence electrons. The van der Waals surface area contributed by atoms with Gasteiger partial charge in [0.25, 0.3) is 0 Å². The molecule has 1 fully saturated rings. The topological polar surface area (TPSA) is 121 Å². The number of nitrogens with one attached hydrogen (secondary N) is 2. The molecule has 2 heterocycles. The average molecular weight is 521 g/mol. The molecule has 2 aromatic carbocycles. The van der Waals surface area contributed by atoms with Crippen LogP contribution in [0.15, 0.2) is 36.5 Å². The minimum absolute atomic E-state index is 0.0221. The zero-order valence-corrected chi connectivity index (χ0v) is 20.2. The second-order valence-electron chi connectivity index (χ2n) is 7.34. The summed E-state index contributed by atoms with van der Waals surface area (Å²) in [5.74, 6) is -1.26. The Kier molecular flexibility index (Phi) is 7.11. The first-order chi connectivity index (χ1) is 16.3. The number of aromatic nitrogens is 1. The van der Waals surface area contributed by atoms with Crippen molar-refractivity contribution < 1.29 is 22.3 Å². The molecular formula is C22H18ClFN4O4S2. The maximum absolute atomic E-state index is 13.6. The minimum atomic E-state index is -1.56. The number of fused-ring (bicyclic) bond motifs is 1. The Balaban J connectivity index is 1.78. The fraction of sp³-hybridized carbons (Fsp3) is 0.227. The lowest BCUT2D eigenvalue weighted by atomic mass is 10.1. The number of anilines is 3. The number of hydrogen-bond acceptors (Lipinski definition) is 7. The third-order valence-electron chi connectivity index (χ3n) is 5.09. The summed E-state index contributed by atoms with van der Waals surface area (Å²) in [6.07, 6.45) is 1.40. The molecule has 1 aliphatic heterocycles. The van der Waals surface area contributed by atoms with Crippen LogP contribution in [0, 0.1) is 23.1 Å². The van der Waals surface area contributed by atoms with Crippen molar-refractivity contribution in [2.24, 2.45) is 5.92 Å². The smallest absolute Gasteiger partial charge is 0.229 e. The molecule has 0 spiro atoms. The van der Waals surface area contributed by atoms with E-state index in [0.29, 0.717) is 40.3 Å². The van der Waals surface area contributed by atoms with E-state index < -0.39 is 37.3 Å². The summed E-state index contributed by atoms with van der Waals surface area (Å²) in [5, 5.41) is 15.9. The maximum Gasteiger partial charge on any atom is 0.229 e. The first-order valence-electron chi connectivity index (χ1n) is 10.1. The SMILES string of the molecule is CCOc1cc2ncc(C#N)c(Nc3ccc(F)c(Cl)c3)c2cc1NC(=O)C1CS(=O)S(=O)C1. The normalized spacial score (nSPS) is 19.5. The van der Waals surface area contributed by atoms with Crippen molar-refractivity contribution in [1.82, 2.24) is 4.98 Å². The molecule has 1 amide bonds. The first-order valence-corrected chi connectivity index (χ1v) is 13.6. The van der Waals surface area contributed by atoms with E-state index in [-0.39, 0.29) is 22.1 Å². The van der Waals surface area contributed by atoms with Crippen LogP contribution < -0.4 is 15.4 Å². The van der Waals surface area contributed by atoms with Gasteiger partial charge < -0.3 is 15.4 Å². The summed E-state index contributed by atoms with van der Waals surface area (Å²) in [5.41, 5.74) is 1.86. The molecule has 0 bridgehead atoms. The van der Waals surface area contributed by atoms with Gasteiger partial charge in [-0.15, -0.1) is 0 Å². The highest BCUT2D eigenvalue weighted by atomic mass is 35.5. The highest BCUT2D eigenvalue weighted by Gasteiger charge is 2.34. The molecule has 1 aliphatic rings. The number of halogens is 2. The van der Waals surface area contributed by atoms with Crippen LogP contribution in [0.1, 0.15) is 12.5 Å². The standard InChI is InChI=1S/C22H18ClFN4O4S2/c1-2-32-20-7-18-15(6-19(20)28-22(29)13-10-33(30)34(31)11-13)21(12(8-25)9-26-18)27-14-3-4-17(24)16(23)5-14/h3-7,9,13H,2,10-11H2,1H3,(H,26,27)(H,28,29). The van der Waals surface area contributed by atoms with Gasteiger partial charge in [-0.05, 0) is 31.2 Å². The first kappa shape index (κ1) is 24.1. The number of nitriles is 1. The molecule has 0 aliphatic carbocycles. The highest BCUT2D eigenvalue weighted by Crippen LogP contribution is 2.37. The van der Waals surface area contributed by atoms with Gasteiger partial charge in [0.05, 0.1) is 40.0 Å². The van der Waals surface area contributed by atoms with Crippen LogP contribution in [0.3, 0.4) is 0 Å². The van der Waals surface area contributed by atoms with Crippen molar-refractivity contribution in [2.75, 3.05) is 28.7 Å². The van der Waals surface area contributed by atoms with Gasteiger partial charge in [-0.2, -0.15) is 5.26 Å². The number of benzene rings is 2. The highest BCUT2D eigenvalue weighted by molar-refractivity contribution is 8.61. The lowest BCUT2D eigenvalue weighted by molar-refractivity contribution is -0.118. The van der Waals surface area contributed by atoms with Crippen LogP contribution in [0.4, 0.5) is 21.5 Å². The van der Waals surface area contributed by atoms with Crippen molar-refractivity contribution in [3.05, 3.63) is 52.9 Å². The monoisotopic (exact) mass is 520 g/mol. The van der Waals surface area contributed by atoms with Gasteiger partial charge in [0, 0.05) is 34.8 Å². The zero-order chi connectivity index (χ0) is 24.4. The second-order valence-corrected chi connectivity index (χ2v) is 11.9.